The summed E-state index contributed by atoms with van der Waals surface area (Å²) in [6.07, 6.45) is 8.14. The Kier molecular flexibility index (Phi) is 3.36. The van der Waals surface area contributed by atoms with Crippen LogP contribution in [-0.2, 0) is 10.0 Å². The van der Waals surface area contributed by atoms with Crippen molar-refractivity contribution in [3.63, 3.8) is 0 Å². The standard InChI is InChI=1S/C16H20N6O2S/c23-25(24,12-3-4-12)19-8-10-1-2-11(7-10)16-21-20-14-9-18-15-13(22(14)16)5-6-17-15/h5-6,9-12,17,19H,1-4,7-8H2/t10-,11+/m0/s1. The molecule has 3 heterocycles. The van der Waals surface area contributed by atoms with Crippen molar-refractivity contribution in [2.24, 2.45) is 5.92 Å². The summed E-state index contributed by atoms with van der Waals surface area (Å²) in [4.78, 5) is 7.46. The van der Waals surface area contributed by atoms with Gasteiger partial charge in [-0.05, 0) is 44.1 Å². The molecule has 0 bridgehead atoms. The van der Waals surface area contributed by atoms with Gasteiger partial charge in [-0.2, -0.15) is 0 Å². The molecule has 0 aromatic carbocycles. The van der Waals surface area contributed by atoms with Crippen LogP contribution in [0.5, 0.6) is 0 Å². The van der Waals surface area contributed by atoms with Crippen LogP contribution in [0.4, 0.5) is 0 Å². The van der Waals surface area contributed by atoms with Gasteiger partial charge in [0.25, 0.3) is 0 Å². The minimum absolute atomic E-state index is 0.153. The quantitative estimate of drug-likeness (QED) is 0.718. The smallest absolute Gasteiger partial charge is 0.214 e. The summed E-state index contributed by atoms with van der Waals surface area (Å²) in [6.45, 7) is 0.535. The molecule has 2 saturated carbocycles. The van der Waals surface area contributed by atoms with E-state index in [2.05, 4.69) is 29.3 Å². The van der Waals surface area contributed by atoms with Gasteiger partial charge in [-0.1, -0.05) is 0 Å². The van der Waals surface area contributed by atoms with E-state index in [-0.39, 0.29) is 5.25 Å². The number of aromatic amines is 1. The van der Waals surface area contributed by atoms with Gasteiger partial charge in [0.05, 0.1) is 17.0 Å². The van der Waals surface area contributed by atoms with Crippen molar-refractivity contribution in [2.75, 3.05) is 6.54 Å². The van der Waals surface area contributed by atoms with Crippen LogP contribution >= 0.6 is 0 Å². The fraction of sp³-hybridized carbons (Fsp3) is 0.562. The number of nitrogens with one attached hydrogen (secondary N) is 2. The number of hydrogen-bond donors (Lipinski definition) is 2. The maximum absolute atomic E-state index is 12.0. The summed E-state index contributed by atoms with van der Waals surface area (Å²) in [6, 6.07) is 1.98. The van der Waals surface area contributed by atoms with Crippen LogP contribution in [0.25, 0.3) is 16.8 Å². The molecule has 25 heavy (non-hydrogen) atoms. The number of fused-ring (bicyclic) bond motifs is 3. The van der Waals surface area contributed by atoms with Gasteiger partial charge < -0.3 is 4.98 Å². The van der Waals surface area contributed by atoms with Crippen molar-refractivity contribution in [1.82, 2.24) is 29.3 Å². The van der Waals surface area contributed by atoms with Gasteiger partial charge in [-0.15, -0.1) is 10.2 Å². The molecule has 2 aliphatic carbocycles. The third kappa shape index (κ3) is 2.62. The summed E-state index contributed by atoms with van der Waals surface area (Å²) < 4.78 is 28.9. The fourth-order valence-corrected chi connectivity index (χ4v) is 5.35. The van der Waals surface area contributed by atoms with E-state index in [9.17, 15) is 8.42 Å². The monoisotopic (exact) mass is 360 g/mol. The highest BCUT2D eigenvalue weighted by Gasteiger charge is 2.37. The summed E-state index contributed by atoms with van der Waals surface area (Å²) in [5.74, 6) is 1.61. The first-order valence-electron chi connectivity index (χ1n) is 8.77. The van der Waals surface area contributed by atoms with Crippen LogP contribution in [-0.4, -0.2) is 44.8 Å². The lowest BCUT2D eigenvalue weighted by molar-refractivity contribution is 0.509. The predicted molar refractivity (Wildman–Crippen MR) is 92.7 cm³/mol. The Morgan fingerprint density at radius 2 is 2.12 bits per heavy atom. The van der Waals surface area contributed by atoms with Crippen molar-refractivity contribution < 1.29 is 8.42 Å². The third-order valence-electron chi connectivity index (χ3n) is 5.41. The summed E-state index contributed by atoms with van der Waals surface area (Å²) in [5.41, 5.74) is 2.55. The molecule has 2 N–H and O–H groups in total. The second-order valence-electron chi connectivity index (χ2n) is 7.19. The maximum Gasteiger partial charge on any atom is 0.214 e. The van der Waals surface area contributed by atoms with E-state index in [4.69, 9.17) is 0 Å². The molecule has 0 aliphatic heterocycles. The zero-order chi connectivity index (χ0) is 17.0. The number of H-pyrrole nitrogens is 1. The number of rotatable bonds is 5. The van der Waals surface area contributed by atoms with Gasteiger partial charge >= 0.3 is 0 Å². The van der Waals surface area contributed by atoms with E-state index >= 15 is 0 Å². The van der Waals surface area contributed by atoms with Gasteiger partial charge in [0.2, 0.25) is 10.0 Å². The largest absolute Gasteiger partial charge is 0.345 e. The summed E-state index contributed by atoms with van der Waals surface area (Å²) >= 11 is 0. The Hall–Kier alpha value is -2.00. The highest BCUT2D eigenvalue weighted by molar-refractivity contribution is 7.90. The van der Waals surface area contributed by atoms with Crippen LogP contribution in [0.1, 0.15) is 43.8 Å². The van der Waals surface area contributed by atoms with E-state index in [1.54, 1.807) is 6.20 Å². The van der Waals surface area contributed by atoms with E-state index < -0.39 is 10.0 Å². The fourth-order valence-electron chi connectivity index (χ4n) is 3.89. The molecule has 5 rings (SSSR count). The van der Waals surface area contributed by atoms with Crippen molar-refractivity contribution in [2.45, 2.75) is 43.3 Å². The van der Waals surface area contributed by atoms with Gasteiger partial charge in [0.1, 0.15) is 5.82 Å². The van der Waals surface area contributed by atoms with Gasteiger partial charge in [-0.25, -0.2) is 18.1 Å². The lowest BCUT2D eigenvalue weighted by atomic mass is 10.0. The molecule has 132 valence electrons. The molecular weight excluding hydrogens is 340 g/mol. The van der Waals surface area contributed by atoms with Crippen LogP contribution < -0.4 is 4.72 Å². The average Bonchev–Trinajstić information content (AvgIpc) is 3.03. The minimum Gasteiger partial charge on any atom is -0.345 e. The van der Waals surface area contributed by atoms with Gasteiger partial charge in [0.15, 0.2) is 11.3 Å². The first kappa shape index (κ1) is 15.3. The topological polar surface area (TPSA) is 105 Å². The van der Waals surface area contributed by atoms with Gasteiger partial charge in [-0.3, -0.25) is 4.40 Å². The van der Waals surface area contributed by atoms with Crippen molar-refractivity contribution in [3.8, 4) is 0 Å². The molecule has 2 atom stereocenters. The predicted octanol–water partition coefficient (Wildman–Crippen LogP) is 1.57. The van der Waals surface area contributed by atoms with E-state index in [1.165, 1.54) is 0 Å². The normalized spacial score (nSPS) is 24.5. The highest BCUT2D eigenvalue weighted by atomic mass is 32.2. The SMILES string of the molecule is O=S(=O)(NC[C@H]1CC[C@@H](c2nnc3cnc4[nH]ccc4n23)C1)C1CC1. The van der Waals surface area contributed by atoms with E-state index in [0.29, 0.717) is 18.4 Å². The minimum atomic E-state index is -3.10. The molecule has 0 amide bonds. The number of aromatic nitrogens is 5. The Balaban J connectivity index is 1.36. The van der Waals surface area contributed by atoms with Crippen molar-refractivity contribution >= 4 is 26.8 Å². The molecule has 3 aromatic rings. The van der Waals surface area contributed by atoms with Crippen LogP contribution in [0, 0.1) is 5.92 Å². The molecule has 3 aromatic heterocycles. The van der Waals surface area contributed by atoms with Gasteiger partial charge in [0, 0.05) is 18.7 Å². The molecule has 2 aliphatic rings. The van der Waals surface area contributed by atoms with E-state index in [0.717, 1.165) is 54.7 Å². The highest BCUT2D eigenvalue weighted by Crippen LogP contribution is 2.38. The molecule has 0 radical (unpaired) electrons. The maximum atomic E-state index is 12.0. The van der Waals surface area contributed by atoms with Crippen molar-refractivity contribution in [3.05, 3.63) is 24.3 Å². The van der Waals surface area contributed by atoms with E-state index in [1.807, 2.05) is 12.3 Å². The molecule has 0 spiro atoms. The Labute approximate surface area is 145 Å². The Bertz CT molecular complexity index is 1040. The zero-order valence-electron chi connectivity index (χ0n) is 13.7. The average molecular weight is 360 g/mol. The van der Waals surface area contributed by atoms with Crippen molar-refractivity contribution in [1.29, 1.82) is 0 Å². The summed E-state index contributed by atoms with van der Waals surface area (Å²) in [7, 11) is -3.10. The molecule has 0 saturated heterocycles. The second-order valence-corrected chi connectivity index (χ2v) is 9.24. The third-order valence-corrected chi connectivity index (χ3v) is 7.33. The molecule has 8 nitrogen and oxygen atoms in total. The summed E-state index contributed by atoms with van der Waals surface area (Å²) in [5, 5.41) is 8.52. The Morgan fingerprint density at radius 1 is 1.24 bits per heavy atom. The first-order chi connectivity index (χ1) is 12.1. The molecular formula is C16H20N6O2S. The number of hydrogen-bond acceptors (Lipinski definition) is 5. The molecule has 2 fully saturated rings. The molecule has 9 heteroatoms. The number of sulfonamides is 1. The molecule has 0 unspecified atom stereocenters. The van der Waals surface area contributed by atoms with Crippen LogP contribution in [0.15, 0.2) is 18.5 Å². The van der Waals surface area contributed by atoms with Crippen LogP contribution in [0.2, 0.25) is 0 Å². The second kappa shape index (κ2) is 5.50. The van der Waals surface area contributed by atoms with Crippen LogP contribution in [0.3, 0.4) is 0 Å². The Morgan fingerprint density at radius 3 is 2.96 bits per heavy atom. The first-order valence-corrected chi connectivity index (χ1v) is 10.3. The zero-order valence-corrected chi connectivity index (χ0v) is 14.5. The lowest BCUT2D eigenvalue weighted by Gasteiger charge is -2.12. The number of nitrogens with zero attached hydrogens (tertiary/aromatic N) is 4. The lowest BCUT2D eigenvalue weighted by Crippen LogP contribution is -2.31.